The van der Waals surface area contributed by atoms with Crippen molar-refractivity contribution in [3.05, 3.63) is 58.5 Å². The Hall–Kier alpha value is -3.15. The fourth-order valence-electron chi connectivity index (χ4n) is 2.47. The van der Waals surface area contributed by atoms with Gasteiger partial charge in [0.15, 0.2) is 0 Å². The smallest absolute Gasteiger partial charge is 0.258 e. The van der Waals surface area contributed by atoms with Crippen LogP contribution < -0.4 is 11.2 Å². The summed E-state index contributed by atoms with van der Waals surface area (Å²) in [6.45, 7) is 0. The minimum absolute atomic E-state index is 0.326. The SMILES string of the molecule is Cn1c(O)c(C(N)=O)c(=O)c2ccc(-c3ccncc3)cc21. The van der Waals surface area contributed by atoms with Gasteiger partial charge in [0, 0.05) is 24.8 Å². The number of hydrogen-bond acceptors (Lipinski definition) is 4. The van der Waals surface area contributed by atoms with Gasteiger partial charge in [0.2, 0.25) is 11.3 Å². The predicted octanol–water partition coefficient (Wildman–Crippen LogP) is 1.41. The Bertz CT molecular complexity index is 946. The molecule has 2 aromatic heterocycles. The summed E-state index contributed by atoms with van der Waals surface area (Å²) in [6.07, 6.45) is 3.35. The second-order valence-corrected chi connectivity index (χ2v) is 4.92. The lowest BCUT2D eigenvalue weighted by atomic mass is 10.0. The third-order valence-electron chi connectivity index (χ3n) is 3.63. The highest BCUT2D eigenvalue weighted by Crippen LogP contribution is 2.25. The minimum atomic E-state index is -0.946. The number of nitrogens with zero attached hydrogens (tertiary/aromatic N) is 2. The van der Waals surface area contributed by atoms with E-state index in [1.807, 2.05) is 12.1 Å². The zero-order valence-corrected chi connectivity index (χ0v) is 11.8. The van der Waals surface area contributed by atoms with Gasteiger partial charge < -0.3 is 15.4 Å². The quantitative estimate of drug-likeness (QED) is 0.746. The number of rotatable bonds is 2. The fourth-order valence-corrected chi connectivity index (χ4v) is 2.47. The second kappa shape index (κ2) is 5.00. The molecule has 0 fully saturated rings. The van der Waals surface area contributed by atoms with Crippen molar-refractivity contribution >= 4 is 16.8 Å². The molecule has 0 spiro atoms. The Morgan fingerprint density at radius 2 is 1.86 bits per heavy atom. The summed E-state index contributed by atoms with van der Waals surface area (Å²) < 4.78 is 1.38. The van der Waals surface area contributed by atoms with E-state index in [1.165, 1.54) is 4.57 Å². The molecular weight excluding hydrogens is 282 g/mol. The lowest BCUT2D eigenvalue weighted by molar-refractivity contribution is 0.0995. The number of carbonyl (C=O) groups excluding carboxylic acids is 1. The number of hydrogen-bond donors (Lipinski definition) is 2. The first kappa shape index (κ1) is 13.8. The van der Waals surface area contributed by atoms with Crippen LogP contribution in [-0.4, -0.2) is 20.6 Å². The van der Waals surface area contributed by atoms with Crippen molar-refractivity contribution in [2.75, 3.05) is 0 Å². The van der Waals surface area contributed by atoms with Gasteiger partial charge in [-0.1, -0.05) is 6.07 Å². The standard InChI is InChI=1S/C16H13N3O3/c1-19-12-8-10(9-4-6-18-7-5-9)2-3-11(12)14(20)13(15(17)21)16(19)22/h2-8,22H,1H3,(H2,17,21). The van der Waals surface area contributed by atoms with Crippen LogP contribution in [0.4, 0.5) is 0 Å². The van der Waals surface area contributed by atoms with Crippen LogP contribution in [-0.2, 0) is 7.05 Å². The first-order valence-corrected chi connectivity index (χ1v) is 6.56. The van der Waals surface area contributed by atoms with Crippen LogP contribution in [0, 0.1) is 0 Å². The van der Waals surface area contributed by atoms with E-state index in [-0.39, 0.29) is 0 Å². The molecular formula is C16H13N3O3. The maximum absolute atomic E-state index is 12.3. The molecule has 3 rings (SSSR count). The van der Waals surface area contributed by atoms with Gasteiger partial charge in [0.1, 0.15) is 5.56 Å². The van der Waals surface area contributed by atoms with Crippen LogP contribution >= 0.6 is 0 Å². The summed E-state index contributed by atoms with van der Waals surface area (Å²) in [5.74, 6) is -1.38. The van der Waals surface area contributed by atoms with Crippen LogP contribution in [0.1, 0.15) is 10.4 Å². The van der Waals surface area contributed by atoms with Crippen molar-refractivity contribution in [3.63, 3.8) is 0 Å². The number of aromatic nitrogens is 2. The van der Waals surface area contributed by atoms with E-state index in [2.05, 4.69) is 4.98 Å². The molecule has 0 unspecified atom stereocenters. The van der Waals surface area contributed by atoms with Crippen molar-refractivity contribution < 1.29 is 9.90 Å². The van der Waals surface area contributed by atoms with Crippen molar-refractivity contribution in [1.29, 1.82) is 0 Å². The zero-order chi connectivity index (χ0) is 15.9. The van der Waals surface area contributed by atoms with Crippen molar-refractivity contribution in [3.8, 4) is 17.0 Å². The average Bonchev–Trinajstić information content (AvgIpc) is 2.53. The van der Waals surface area contributed by atoms with E-state index in [1.54, 1.807) is 37.6 Å². The summed E-state index contributed by atoms with van der Waals surface area (Å²) in [6, 6.07) is 8.87. The lowest BCUT2D eigenvalue weighted by Gasteiger charge is -2.12. The summed E-state index contributed by atoms with van der Waals surface area (Å²) >= 11 is 0. The number of fused-ring (bicyclic) bond motifs is 1. The molecule has 0 atom stereocenters. The second-order valence-electron chi connectivity index (χ2n) is 4.92. The first-order valence-electron chi connectivity index (χ1n) is 6.56. The Balaban J connectivity index is 2.36. The topological polar surface area (TPSA) is 98.2 Å². The molecule has 0 saturated heterocycles. The zero-order valence-electron chi connectivity index (χ0n) is 11.8. The Kier molecular flexibility index (Phi) is 3.14. The maximum Gasteiger partial charge on any atom is 0.258 e. The summed E-state index contributed by atoms with van der Waals surface area (Å²) in [4.78, 5) is 27.6. The molecule has 1 aromatic carbocycles. The van der Waals surface area contributed by atoms with E-state index in [4.69, 9.17) is 5.73 Å². The van der Waals surface area contributed by atoms with Crippen LogP contribution in [0.3, 0.4) is 0 Å². The third kappa shape index (κ3) is 2.01. The van der Waals surface area contributed by atoms with Crippen LogP contribution in [0.2, 0.25) is 0 Å². The average molecular weight is 295 g/mol. The number of amides is 1. The number of aryl methyl sites for hydroxylation is 1. The molecule has 0 aliphatic carbocycles. The third-order valence-corrected chi connectivity index (χ3v) is 3.63. The van der Waals surface area contributed by atoms with Crippen molar-refractivity contribution in [1.82, 2.24) is 9.55 Å². The highest BCUT2D eigenvalue weighted by atomic mass is 16.3. The molecule has 110 valence electrons. The molecule has 1 amide bonds. The Morgan fingerprint density at radius 3 is 2.50 bits per heavy atom. The first-order chi connectivity index (χ1) is 10.5. The van der Waals surface area contributed by atoms with Gasteiger partial charge in [-0.15, -0.1) is 0 Å². The largest absolute Gasteiger partial charge is 0.494 e. The van der Waals surface area contributed by atoms with E-state index >= 15 is 0 Å². The molecule has 6 nitrogen and oxygen atoms in total. The normalized spacial score (nSPS) is 10.8. The van der Waals surface area contributed by atoms with E-state index < -0.39 is 22.8 Å². The van der Waals surface area contributed by atoms with Gasteiger partial charge in [0.05, 0.1) is 5.52 Å². The molecule has 0 radical (unpaired) electrons. The van der Waals surface area contributed by atoms with Crippen LogP contribution in [0.15, 0.2) is 47.5 Å². The number of primary amides is 1. The Morgan fingerprint density at radius 1 is 1.18 bits per heavy atom. The molecule has 0 bridgehead atoms. The van der Waals surface area contributed by atoms with Gasteiger partial charge in [-0.25, -0.2) is 0 Å². The number of aromatic hydroxyl groups is 1. The van der Waals surface area contributed by atoms with Crippen LogP contribution in [0.5, 0.6) is 5.88 Å². The highest BCUT2D eigenvalue weighted by molar-refractivity contribution is 5.99. The van der Waals surface area contributed by atoms with Gasteiger partial charge >= 0.3 is 0 Å². The van der Waals surface area contributed by atoms with Gasteiger partial charge in [-0.05, 0) is 35.4 Å². The highest BCUT2D eigenvalue weighted by Gasteiger charge is 2.19. The van der Waals surface area contributed by atoms with Crippen molar-refractivity contribution in [2.45, 2.75) is 0 Å². The number of benzene rings is 1. The number of nitrogens with two attached hydrogens (primary N) is 1. The fraction of sp³-hybridized carbons (Fsp3) is 0.0625. The summed E-state index contributed by atoms with van der Waals surface area (Å²) in [7, 11) is 1.57. The molecule has 0 aliphatic rings. The van der Waals surface area contributed by atoms with Gasteiger partial charge in [-0.2, -0.15) is 0 Å². The molecule has 22 heavy (non-hydrogen) atoms. The molecule has 6 heteroatoms. The maximum atomic E-state index is 12.3. The molecule has 3 aromatic rings. The van der Waals surface area contributed by atoms with Gasteiger partial charge in [0.25, 0.3) is 5.91 Å². The summed E-state index contributed by atoms with van der Waals surface area (Å²) in [5, 5.41) is 10.4. The molecule has 2 heterocycles. The Labute approximate surface area is 125 Å². The molecule has 0 saturated carbocycles. The lowest BCUT2D eigenvalue weighted by Crippen LogP contribution is -2.24. The molecule has 3 N–H and O–H groups in total. The summed E-state index contributed by atoms with van der Waals surface area (Å²) in [5.41, 5.74) is 6.53. The van der Waals surface area contributed by atoms with E-state index in [0.29, 0.717) is 10.9 Å². The molecule has 0 aliphatic heterocycles. The van der Waals surface area contributed by atoms with E-state index in [0.717, 1.165) is 11.1 Å². The van der Waals surface area contributed by atoms with Crippen molar-refractivity contribution in [2.24, 2.45) is 12.8 Å². The minimum Gasteiger partial charge on any atom is -0.494 e. The number of carbonyl (C=O) groups is 1. The van der Waals surface area contributed by atoms with Gasteiger partial charge in [-0.3, -0.25) is 14.6 Å². The predicted molar refractivity (Wildman–Crippen MR) is 82.6 cm³/mol. The monoisotopic (exact) mass is 295 g/mol. The van der Waals surface area contributed by atoms with E-state index in [9.17, 15) is 14.7 Å². The number of pyridine rings is 2. The van der Waals surface area contributed by atoms with Crippen LogP contribution in [0.25, 0.3) is 22.0 Å².